The van der Waals surface area contributed by atoms with Crippen LogP contribution in [0.3, 0.4) is 0 Å². The van der Waals surface area contributed by atoms with Gasteiger partial charge in [-0.05, 0) is 25.7 Å². The maximum Gasteiger partial charge on any atom is 0.157 e. The van der Waals surface area contributed by atoms with Gasteiger partial charge in [0.1, 0.15) is 0 Å². The van der Waals surface area contributed by atoms with E-state index in [9.17, 15) is 0 Å². The smallest absolute Gasteiger partial charge is 0.157 e. The minimum atomic E-state index is 0.381. The van der Waals surface area contributed by atoms with Crippen LogP contribution in [0.5, 0.6) is 0 Å². The lowest BCUT2D eigenvalue weighted by atomic mass is 9.83. The Hall–Kier alpha value is -0.220. The summed E-state index contributed by atoms with van der Waals surface area (Å²) in [6.45, 7) is 1.62. The van der Waals surface area contributed by atoms with Crippen LogP contribution >= 0.6 is 11.8 Å². The summed E-state index contributed by atoms with van der Waals surface area (Å²) in [5, 5.41) is 4.87. The van der Waals surface area contributed by atoms with Crippen molar-refractivity contribution in [3.05, 3.63) is 0 Å². The highest BCUT2D eigenvalue weighted by Crippen LogP contribution is 2.36. The van der Waals surface area contributed by atoms with E-state index in [0.717, 1.165) is 13.2 Å². The normalized spacial score (nSPS) is 28.9. The number of nitrogens with zero attached hydrogens (tertiary/aromatic N) is 1. The van der Waals surface area contributed by atoms with Gasteiger partial charge in [-0.25, -0.2) is 0 Å². The molecule has 1 spiro atoms. The minimum absolute atomic E-state index is 0.381. The van der Waals surface area contributed by atoms with Gasteiger partial charge in [0.15, 0.2) is 5.17 Å². The van der Waals surface area contributed by atoms with Gasteiger partial charge in [-0.15, -0.1) is 0 Å². The molecule has 0 amide bonds. The second kappa shape index (κ2) is 7.17. The van der Waals surface area contributed by atoms with E-state index in [4.69, 9.17) is 9.73 Å². The molecule has 2 aliphatic carbocycles. The first-order valence-electron chi connectivity index (χ1n) is 8.43. The zero-order chi connectivity index (χ0) is 13.7. The number of amidine groups is 1. The molecular weight excluding hydrogens is 268 g/mol. The van der Waals surface area contributed by atoms with Crippen molar-refractivity contribution < 1.29 is 4.74 Å². The molecule has 0 unspecified atom stereocenters. The van der Waals surface area contributed by atoms with Crippen molar-refractivity contribution in [2.24, 2.45) is 4.99 Å². The van der Waals surface area contributed by atoms with Gasteiger partial charge in [-0.3, -0.25) is 4.99 Å². The summed E-state index contributed by atoms with van der Waals surface area (Å²) < 4.78 is 5.94. The highest BCUT2D eigenvalue weighted by Gasteiger charge is 2.37. The Morgan fingerprint density at radius 2 is 1.85 bits per heavy atom. The maximum atomic E-state index is 5.94. The summed E-state index contributed by atoms with van der Waals surface area (Å²) in [4.78, 5) is 4.70. The van der Waals surface area contributed by atoms with E-state index in [1.165, 1.54) is 75.1 Å². The minimum Gasteiger partial charge on any atom is -0.376 e. The molecule has 1 saturated heterocycles. The topological polar surface area (TPSA) is 33.6 Å². The highest BCUT2D eigenvalue weighted by atomic mass is 32.2. The molecule has 20 heavy (non-hydrogen) atoms. The van der Waals surface area contributed by atoms with Gasteiger partial charge >= 0.3 is 0 Å². The highest BCUT2D eigenvalue weighted by molar-refractivity contribution is 8.14. The zero-order valence-electron chi connectivity index (χ0n) is 12.5. The van der Waals surface area contributed by atoms with Crippen LogP contribution in [0.25, 0.3) is 0 Å². The molecule has 0 atom stereocenters. The molecule has 0 bridgehead atoms. The van der Waals surface area contributed by atoms with Gasteiger partial charge in [-0.1, -0.05) is 50.3 Å². The number of aliphatic imine (C=N–C) groups is 1. The van der Waals surface area contributed by atoms with Gasteiger partial charge in [-0.2, -0.15) is 0 Å². The van der Waals surface area contributed by atoms with Crippen LogP contribution in [-0.4, -0.2) is 35.7 Å². The molecule has 3 nitrogen and oxygen atoms in total. The molecule has 3 aliphatic rings. The van der Waals surface area contributed by atoms with Crippen LogP contribution in [0.15, 0.2) is 4.99 Å². The average molecular weight is 296 g/mol. The number of hydrogen-bond acceptors (Lipinski definition) is 3. The lowest BCUT2D eigenvalue weighted by Crippen LogP contribution is -2.45. The standard InChI is InChI=1S/C16H28N2OS/c1-3-7-14(8-4-1)19-12-11-17-15-18-16(13-20-15)9-5-2-6-10-16/h14H,1-13H2,(H,17,18). The SMILES string of the molecule is C1CCC(OCCN=C2NC3(CCCCC3)CS2)CC1. The predicted octanol–water partition coefficient (Wildman–Crippen LogP) is 3.73. The first-order valence-corrected chi connectivity index (χ1v) is 9.42. The molecule has 1 aliphatic heterocycles. The molecule has 4 heteroatoms. The molecule has 0 aromatic carbocycles. The van der Waals surface area contributed by atoms with E-state index < -0.39 is 0 Å². The fourth-order valence-corrected chi connectivity index (χ4v) is 4.93. The molecule has 3 rings (SSSR count). The Morgan fingerprint density at radius 3 is 2.65 bits per heavy atom. The van der Waals surface area contributed by atoms with E-state index >= 15 is 0 Å². The first kappa shape index (κ1) is 14.7. The summed E-state index contributed by atoms with van der Waals surface area (Å²) >= 11 is 1.92. The second-order valence-electron chi connectivity index (χ2n) is 6.57. The maximum absolute atomic E-state index is 5.94. The fourth-order valence-electron chi connectivity index (χ4n) is 3.69. The molecule has 1 N–H and O–H groups in total. The van der Waals surface area contributed by atoms with Gasteiger partial charge in [0.2, 0.25) is 0 Å². The lowest BCUT2D eigenvalue weighted by Gasteiger charge is -2.32. The van der Waals surface area contributed by atoms with Crippen molar-refractivity contribution in [1.82, 2.24) is 5.32 Å². The van der Waals surface area contributed by atoms with E-state index in [-0.39, 0.29) is 0 Å². The molecule has 0 aromatic heterocycles. The number of hydrogen-bond donors (Lipinski definition) is 1. The third-order valence-electron chi connectivity index (χ3n) is 4.92. The average Bonchev–Trinajstić information content (AvgIpc) is 2.88. The van der Waals surface area contributed by atoms with Crippen LogP contribution in [0.1, 0.15) is 64.2 Å². The second-order valence-corrected chi connectivity index (χ2v) is 7.54. The summed E-state index contributed by atoms with van der Waals surface area (Å²) in [6.07, 6.45) is 13.9. The summed E-state index contributed by atoms with van der Waals surface area (Å²) in [5.74, 6) is 1.22. The van der Waals surface area contributed by atoms with Gasteiger partial charge in [0, 0.05) is 11.3 Å². The van der Waals surface area contributed by atoms with Crippen molar-refractivity contribution in [3.63, 3.8) is 0 Å². The van der Waals surface area contributed by atoms with E-state index in [2.05, 4.69) is 5.32 Å². The van der Waals surface area contributed by atoms with Crippen molar-refractivity contribution >= 4 is 16.9 Å². The third kappa shape index (κ3) is 3.91. The quantitative estimate of drug-likeness (QED) is 0.803. The molecule has 1 heterocycles. The van der Waals surface area contributed by atoms with Crippen LogP contribution in [0.2, 0.25) is 0 Å². The molecule has 3 fully saturated rings. The van der Waals surface area contributed by atoms with Gasteiger partial charge < -0.3 is 10.1 Å². The summed E-state index contributed by atoms with van der Waals surface area (Å²) in [5.41, 5.74) is 0.381. The molecule has 114 valence electrons. The van der Waals surface area contributed by atoms with E-state index in [1.54, 1.807) is 0 Å². The van der Waals surface area contributed by atoms with Crippen molar-refractivity contribution in [2.75, 3.05) is 18.9 Å². The first-order chi connectivity index (χ1) is 9.86. The predicted molar refractivity (Wildman–Crippen MR) is 86.5 cm³/mol. The molecule has 0 radical (unpaired) electrons. The lowest BCUT2D eigenvalue weighted by molar-refractivity contribution is 0.0335. The molecule has 2 saturated carbocycles. The van der Waals surface area contributed by atoms with E-state index in [1.807, 2.05) is 11.8 Å². The monoisotopic (exact) mass is 296 g/mol. The summed E-state index contributed by atoms with van der Waals surface area (Å²) in [6, 6.07) is 0. The van der Waals surface area contributed by atoms with Crippen LogP contribution in [0.4, 0.5) is 0 Å². The Balaban J connectivity index is 1.37. The Morgan fingerprint density at radius 1 is 1.10 bits per heavy atom. The zero-order valence-corrected chi connectivity index (χ0v) is 13.3. The number of ether oxygens (including phenoxy) is 1. The van der Waals surface area contributed by atoms with Gasteiger partial charge in [0.25, 0.3) is 0 Å². The van der Waals surface area contributed by atoms with Crippen molar-refractivity contribution in [2.45, 2.75) is 75.9 Å². The van der Waals surface area contributed by atoms with Crippen LogP contribution in [0, 0.1) is 0 Å². The number of thioether (sulfide) groups is 1. The van der Waals surface area contributed by atoms with Crippen LogP contribution in [-0.2, 0) is 4.74 Å². The number of nitrogens with one attached hydrogen (secondary N) is 1. The fraction of sp³-hybridized carbons (Fsp3) is 0.938. The third-order valence-corrected chi connectivity index (χ3v) is 6.12. The Kier molecular flexibility index (Phi) is 5.27. The number of rotatable bonds is 4. The Labute approximate surface area is 127 Å². The van der Waals surface area contributed by atoms with Crippen molar-refractivity contribution in [3.8, 4) is 0 Å². The molecule has 0 aromatic rings. The Bertz CT molecular complexity index is 333. The van der Waals surface area contributed by atoms with Crippen LogP contribution < -0.4 is 5.32 Å². The molecular formula is C16H28N2OS. The van der Waals surface area contributed by atoms with Gasteiger partial charge in [0.05, 0.1) is 19.3 Å². The van der Waals surface area contributed by atoms with Crippen molar-refractivity contribution in [1.29, 1.82) is 0 Å². The van der Waals surface area contributed by atoms with E-state index in [0.29, 0.717) is 11.6 Å². The summed E-state index contributed by atoms with van der Waals surface area (Å²) in [7, 11) is 0. The largest absolute Gasteiger partial charge is 0.376 e.